The van der Waals surface area contributed by atoms with Crippen LogP contribution in [-0.4, -0.2) is 12.6 Å². The van der Waals surface area contributed by atoms with Gasteiger partial charge in [-0.15, -0.1) is 0 Å². The van der Waals surface area contributed by atoms with E-state index in [1.807, 2.05) is 0 Å². The highest BCUT2D eigenvalue weighted by molar-refractivity contribution is 5.69. The van der Waals surface area contributed by atoms with E-state index >= 15 is 0 Å². The summed E-state index contributed by atoms with van der Waals surface area (Å²) in [7, 11) is 0. The highest BCUT2D eigenvalue weighted by atomic mass is 16.5. The lowest BCUT2D eigenvalue weighted by atomic mass is 9.72. The van der Waals surface area contributed by atoms with Gasteiger partial charge in [0.25, 0.3) is 0 Å². The van der Waals surface area contributed by atoms with Crippen molar-refractivity contribution in [2.45, 2.75) is 234 Å². The fourth-order valence-electron chi connectivity index (χ4n) is 7.83. The second-order valence-electron chi connectivity index (χ2n) is 14.6. The van der Waals surface area contributed by atoms with Crippen molar-refractivity contribution in [1.29, 1.82) is 0 Å². The molecule has 0 saturated carbocycles. The standard InChI is InChI=1S/C42H84O2/c1-7-13-15-16-17-18-19-20-21-22-23-24-25-26-28-35-42(43)44-37-36-41(39(12-6)33-27-14-8-2)40(31-10-4)34-29-32-38(11-5)30-9-3/h38-41H,7-37H2,1-6H3/t38-,39-,40-,41-/m0/s1. The van der Waals surface area contributed by atoms with Gasteiger partial charge in [0, 0.05) is 6.42 Å². The van der Waals surface area contributed by atoms with Crippen molar-refractivity contribution in [3.8, 4) is 0 Å². The molecule has 0 bridgehead atoms. The van der Waals surface area contributed by atoms with Crippen molar-refractivity contribution in [1.82, 2.24) is 0 Å². The van der Waals surface area contributed by atoms with Gasteiger partial charge >= 0.3 is 5.97 Å². The van der Waals surface area contributed by atoms with Crippen LogP contribution < -0.4 is 0 Å². The number of carbonyl (C=O) groups is 1. The Kier molecular flexibility index (Phi) is 33.4. The summed E-state index contributed by atoms with van der Waals surface area (Å²) >= 11 is 0. The smallest absolute Gasteiger partial charge is 0.305 e. The Labute approximate surface area is 279 Å². The van der Waals surface area contributed by atoms with Crippen LogP contribution in [0.3, 0.4) is 0 Å². The molecule has 2 nitrogen and oxygen atoms in total. The van der Waals surface area contributed by atoms with E-state index in [-0.39, 0.29) is 5.97 Å². The molecule has 0 rings (SSSR count). The van der Waals surface area contributed by atoms with Gasteiger partial charge in [-0.1, -0.05) is 215 Å². The molecule has 0 aliphatic rings. The summed E-state index contributed by atoms with van der Waals surface area (Å²) in [4.78, 5) is 12.6. The highest BCUT2D eigenvalue weighted by Crippen LogP contribution is 2.37. The number of hydrogen-bond acceptors (Lipinski definition) is 2. The van der Waals surface area contributed by atoms with Gasteiger partial charge in [-0.2, -0.15) is 0 Å². The summed E-state index contributed by atoms with van der Waals surface area (Å²) in [6.45, 7) is 14.7. The minimum absolute atomic E-state index is 0.0508. The Morgan fingerprint density at radius 1 is 0.432 bits per heavy atom. The third-order valence-corrected chi connectivity index (χ3v) is 10.7. The lowest BCUT2D eigenvalue weighted by Crippen LogP contribution is -2.26. The Hall–Kier alpha value is -0.530. The van der Waals surface area contributed by atoms with E-state index in [4.69, 9.17) is 4.74 Å². The van der Waals surface area contributed by atoms with Gasteiger partial charge in [-0.25, -0.2) is 0 Å². The molecule has 264 valence electrons. The van der Waals surface area contributed by atoms with Crippen LogP contribution in [0.2, 0.25) is 0 Å². The van der Waals surface area contributed by atoms with E-state index in [1.165, 1.54) is 173 Å². The number of esters is 1. The first-order valence-electron chi connectivity index (χ1n) is 20.7. The van der Waals surface area contributed by atoms with Crippen molar-refractivity contribution in [2.24, 2.45) is 23.7 Å². The van der Waals surface area contributed by atoms with Crippen molar-refractivity contribution in [3.63, 3.8) is 0 Å². The zero-order valence-corrected chi connectivity index (χ0v) is 31.5. The minimum atomic E-state index is 0.0508. The highest BCUT2D eigenvalue weighted by Gasteiger charge is 2.28. The minimum Gasteiger partial charge on any atom is -0.466 e. The Morgan fingerprint density at radius 3 is 1.43 bits per heavy atom. The fraction of sp³-hybridized carbons (Fsp3) is 0.976. The summed E-state index contributed by atoms with van der Waals surface area (Å²) < 4.78 is 5.89. The Morgan fingerprint density at radius 2 is 0.932 bits per heavy atom. The summed E-state index contributed by atoms with van der Waals surface area (Å²) in [6.07, 6.45) is 39.5. The summed E-state index contributed by atoms with van der Waals surface area (Å²) in [5, 5.41) is 0. The molecule has 44 heavy (non-hydrogen) atoms. The molecule has 0 fully saturated rings. The van der Waals surface area contributed by atoms with Gasteiger partial charge in [0.1, 0.15) is 0 Å². The number of carbonyl (C=O) groups excluding carboxylic acids is 1. The lowest BCUT2D eigenvalue weighted by molar-refractivity contribution is -0.144. The SMILES string of the molecule is CCCCCCCCCCCCCCCCCC(=O)OCC[C@H]([C@@H](CCC)CCC[C@@H](CC)CCC)[C@@H](CC)CCCCC. The van der Waals surface area contributed by atoms with Crippen LogP contribution in [0.5, 0.6) is 0 Å². The average Bonchev–Trinajstić information content (AvgIpc) is 3.03. The third-order valence-electron chi connectivity index (χ3n) is 10.7. The van der Waals surface area contributed by atoms with Crippen LogP contribution in [0.4, 0.5) is 0 Å². The number of hydrogen-bond donors (Lipinski definition) is 0. The van der Waals surface area contributed by atoms with E-state index in [1.54, 1.807) is 0 Å². The summed E-state index contributed by atoms with van der Waals surface area (Å²) in [5.74, 6) is 3.24. The molecule has 4 atom stereocenters. The largest absolute Gasteiger partial charge is 0.466 e. The van der Waals surface area contributed by atoms with Gasteiger partial charge in [0.05, 0.1) is 6.61 Å². The van der Waals surface area contributed by atoms with Crippen LogP contribution in [-0.2, 0) is 9.53 Å². The number of ether oxygens (including phenoxy) is 1. The normalized spacial score (nSPS) is 14.4. The van der Waals surface area contributed by atoms with Crippen LogP contribution in [0.1, 0.15) is 234 Å². The molecule has 0 saturated heterocycles. The van der Waals surface area contributed by atoms with Gasteiger partial charge in [0.2, 0.25) is 0 Å². The van der Waals surface area contributed by atoms with E-state index < -0.39 is 0 Å². The number of unbranched alkanes of at least 4 members (excludes halogenated alkanes) is 16. The van der Waals surface area contributed by atoms with Crippen molar-refractivity contribution < 1.29 is 9.53 Å². The van der Waals surface area contributed by atoms with Crippen molar-refractivity contribution in [2.75, 3.05) is 6.61 Å². The molecule has 0 amide bonds. The first-order chi connectivity index (χ1) is 21.6. The lowest BCUT2D eigenvalue weighted by Gasteiger charge is -2.34. The van der Waals surface area contributed by atoms with Gasteiger partial charge < -0.3 is 4.74 Å². The molecule has 2 heteroatoms. The van der Waals surface area contributed by atoms with Crippen molar-refractivity contribution >= 4 is 5.97 Å². The maximum atomic E-state index is 12.6. The van der Waals surface area contributed by atoms with Gasteiger partial charge in [-0.05, 0) is 36.5 Å². The molecule has 0 spiro atoms. The average molecular weight is 621 g/mol. The molecule has 0 aromatic rings. The zero-order valence-electron chi connectivity index (χ0n) is 31.5. The predicted molar refractivity (Wildman–Crippen MR) is 197 cm³/mol. The quantitative estimate of drug-likeness (QED) is 0.0520. The molecule has 0 aliphatic carbocycles. The molecule has 0 heterocycles. The first kappa shape index (κ1) is 43.5. The topological polar surface area (TPSA) is 26.3 Å². The van der Waals surface area contributed by atoms with E-state index in [2.05, 4.69) is 41.5 Å². The van der Waals surface area contributed by atoms with Gasteiger partial charge in [-0.3, -0.25) is 4.79 Å². The second-order valence-corrected chi connectivity index (χ2v) is 14.6. The zero-order chi connectivity index (χ0) is 32.5. The number of rotatable bonds is 35. The predicted octanol–water partition coefficient (Wildman–Crippen LogP) is 14.8. The molecule has 0 aromatic carbocycles. The maximum Gasteiger partial charge on any atom is 0.305 e. The van der Waals surface area contributed by atoms with Crippen molar-refractivity contribution in [3.05, 3.63) is 0 Å². The van der Waals surface area contributed by atoms with Gasteiger partial charge in [0.15, 0.2) is 0 Å². The molecule has 0 N–H and O–H groups in total. The molecule has 0 aliphatic heterocycles. The second kappa shape index (κ2) is 33.8. The van der Waals surface area contributed by atoms with Crippen LogP contribution in [0.25, 0.3) is 0 Å². The van der Waals surface area contributed by atoms with Crippen LogP contribution >= 0.6 is 0 Å². The summed E-state index contributed by atoms with van der Waals surface area (Å²) in [6, 6.07) is 0. The Bertz CT molecular complexity index is 572. The molecular formula is C42H84O2. The fourth-order valence-corrected chi connectivity index (χ4v) is 7.83. The maximum absolute atomic E-state index is 12.6. The third kappa shape index (κ3) is 25.6. The molecule has 0 aromatic heterocycles. The van der Waals surface area contributed by atoms with E-state index in [9.17, 15) is 4.79 Å². The first-order valence-corrected chi connectivity index (χ1v) is 20.7. The Balaban J connectivity index is 4.38. The monoisotopic (exact) mass is 621 g/mol. The molecular weight excluding hydrogens is 536 g/mol. The van der Waals surface area contributed by atoms with E-state index in [0.717, 1.165) is 30.6 Å². The van der Waals surface area contributed by atoms with Crippen LogP contribution in [0.15, 0.2) is 0 Å². The van der Waals surface area contributed by atoms with E-state index in [0.29, 0.717) is 18.9 Å². The van der Waals surface area contributed by atoms with Crippen LogP contribution in [0, 0.1) is 23.7 Å². The molecule has 0 unspecified atom stereocenters. The molecule has 0 radical (unpaired) electrons. The summed E-state index contributed by atoms with van der Waals surface area (Å²) in [5.41, 5.74) is 0.